The number of rotatable bonds is 4. The zero-order valence-corrected chi connectivity index (χ0v) is 14.0. The summed E-state index contributed by atoms with van der Waals surface area (Å²) in [4.78, 5) is 29.3. The lowest BCUT2D eigenvalue weighted by Gasteiger charge is -2.07. The third-order valence-corrected chi connectivity index (χ3v) is 5.02. The van der Waals surface area contributed by atoms with Gasteiger partial charge >= 0.3 is 0 Å². The fraction of sp³-hybridized carbons (Fsp3) is 0.0625. The van der Waals surface area contributed by atoms with Gasteiger partial charge < -0.3 is 5.11 Å². The standard InChI is InChI=1S/C16H13N3O3S2/c20-12-5-2-1-4-11(12)15(22)19-18-14(21)8-10-9-24-16(17-10)13-6-3-7-23-13/h1-7,9,20H,8H2,(H,18,21)(H,19,22). The van der Waals surface area contributed by atoms with Crippen LogP contribution in [0.25, 0.3) is 9.88 Å². The van der Waals surface area contributed by atoms with Gasteiger partial charge in [0, 0.05) is 5.38 Å². The van der Waals surface area contributed by atoms with Crippen LogP contribution in [0.4, 0.5) is 0 Å². The molecule has 0 spiro atoms. The van der Waals surface area contributed by atoms with Gasteiger partial charge in [-0.15, -0.1) is 22.7 Å². The van der Waals surface area contributed by atoms with E-state index in [9.17, 15) is 14.7 Å². The Kier molecular flexibility index (Phi) is 4.88. The van der Waals surface area contributed by atoms with E-state index in [1.807, 2.05) is 22.9 Å². The third kappa shape index (κ3) is 3.79. The van der Waals surface area contributed by atoms with Gasteiger partial charge in [0.05, 0.1) is 22.6 Å². The fourth-order valence-electron chi connectivity index (χ4n) is 1.97. The molecule has 0 saturated heterocycles. The maximum Gasteiger partial charge on any atom is 0.273 e. The van der Waals surface area contributed by atoms with Gasteiger partial charge in [-0.25, -0.2) is 4.98 Å². The zero-order chi connectivity index (χ0) is 16.9. The highest BCUT2D eigenvalue weighted by molar-refractivity contribution is 7.20. The topological polar surface area (TPSA) is 91.3 Å². The van der Waals surface area contributed by atoms with Crippen LogP contribution in [-0.2, 0) is 11.2 Å². The van der Waals surface area contributed by atoms with E-state index in [0.29, 0.717) is 5.69 Å². The molecule has 3 rings (SSSR count). The summed E-state index contributed by atoms with van der Waals surface area (Å²) in [5.41, 5.74) is 5.32. The maximum absolute atomic E-state index is 11.9. The van der Waals surface area contributed by atoms with Crippen molar-refractivity contribution in [2.75, 3.05) is 0 Å². The molecular weight excluding hydrogens is 346 g/mol. The van der Waals surface area contributed by atoms with E-state index in [-0.39, 0.29) is 23.6 Å². The molecule has 2 heterocycles. The lowest BCUT2D eigenvalue weighted by atomic mass is 10.2. The smallest absolute Gasteiger partial charge is 0.273 e. The van der Waals surface area contributed by atoms with Gasteiger partial charge in [0.25, 0.3) is 5.91 Å². The minimum absolute atomic E-state index is 0.0585. The first-order chi connectivity index (χ1) is 11.6. The molecule has 0 aliphatic rings. The molecule has 8 heteroatoms. The van der Waals surface area contributed by atoms with Gasteiger partial charge in [-0.1, -0.05) is 18.2 Å². The molecule has 0 bridgehead atoms. The highest BCUT2D eigenvalue weighted by Crippen LogP contribution is 2.27. The quantitative estimate of drug-likeness (QED) is 0.625. The van der Waals surface area contributed by atoms with E-state index in [1.54, 1.807) is 23.5 Å². The number of carbonyl (C=O) groups is 2. The molecule has 0 unspecified atom stereocenters. The summed E-state index contributed by atoms with van der Waals surface area (Å²) in [6.45, 7) is 0. The first-order valence-electron chi connectivity index (χ1n) is 6.99. The van der Waals surface area contributed by atoms with Crippen molar-refractivity contribution < 1.29 is 14.7 Å². The number of phenolic OH excluding ortho intramolecular Hbond substituents is 1. The summed E-state index contributed by atoms with van der Waals surface area (Å²) in [7, 11) is 0. The Morgan fingerprint density at radius 1 is 1.08 bits per heavy atom. The molecule has 0 aliphatic carbocycles. The van der Waals surface area contributed by atoms with E-state index in [1.165, 1.54) is 23.5 Å². The predicted octanol–water partition coefficient (Wildman–Crippen LogP) is 2.58. The fourth-order valence-corrected chi connectivity index (χ4v) is 3.60. The van der Waals surface area contributed by atoms with Gasteiger partial charge in [0.2, 0.25) is 5.91 Å². The lowest BCUT2D eigenvalue weighted by molar-refractivity contribution is -0.121. The van der Waals surface area contributed by atoms with Gasteiger partial charge in [0.1, 0.15) is 10.8 Å². The molecule has 0 saturated carbocycles. The second-order valence-electron chi connectivity index (χ2n) is 4.82. The highest BCUT2D eigenvalue weighted by Gasteiger charge is 2.13. The molecule has 2 aromatic heterocycles. The summed E-state index contributed by atoms with van der Waals surface area (Å²) in [6, 6.07) is 10.0. The Bertz CT molecular complexity index is 859. The molecule has 3 aromatic rings. The third-order valence-electron chi connectivity index (χ3n) is 3.09. The monoisotopic (exact) mass is 359 g/mol. The van der Waals surface area contributed by atoms with E-state index >= 15 is 0 Å². The largest absolute Gasteiger partial charge is 0.507 e. The molecule has 3 N–H and O–H groups in total. The molecule has 0 fully saturated rings. The van der Waals surface area contributed by atoms with Crippen molar-refractivity contribution in [1.82, 2.24) is 15.8 Å². The summed E-state index contributed by atoms with van der Waals surface area (Å²) >= 11 is 3.06. The number of hydrogen-bond donors (Lipinski definition) is 3. The molecule has 1 aromatic carbocycles. The van der Waals surface area contributed by atoms with Crippen molar-refractivity contribution in [3.05, 3.63) is 58.4 Å². The second kappa shape index (κ2) is 7.24. The molecule has 2 amide bonds. The van der Waals surface area contributed by atoms with Gasteiger partial charge in [-0.05, 0) is 23.6 Å². The number of nitrogens with zero attached hydrogens (tertiary/aromatic N) is 1. The van der Waals surface area contributed by atoms with Crippen LogP contribution in [0.3, 0.4) is 0 Å². The lowest BCUT2D eigenvalue weighted by Crippen LogP contribution is -2.42. The number of nitrogens with one attached hydrogen (secondary N) is 2. The maximum atomic E-state index is 11.9. The average Bonchev–Trinajstić information content (AvgIpc) is 3.24. The number of aromatic hydroxyl groups is 1. The van der Waals surface area contributed by atoms with Gasteiger partial charge in [-0.2, -0.15) is 0 Å². The van der Waals surface area contributed by atoms with Crippen LogP contribution in [0.1, 0.15) is 16.1 Å². The number of phenols is 1. The number of amides is 2. The molecule has 122 valence electrons. The van der Waals surface area contributed by atoms with Crippen molar-refractivity contribution in [2.45, 2.75) is 6.42 Å². The van der Waals surface area contributed by atoms with Crippen molar-refractivity contribution >= 4 is 34.5 Å². The van der Waals surface area contributed by atoms with Crippen molar-refractivity contribution in [3.63, 3.8) is 0 Å². The van der Waals surface area contributed by atoms with Crippen LogP contribution < -0.4 is 10.9 Å². The SMILES string of the molecule is O=C(Cc1csc(-c2cccs2)n1)NNC(=O)c1ccccc1O. The van der Waals surface area contributed by atoms with Crippen molar-refractivity contribution in [1.29, 1.82) is 0 Å². The Morgan fingerprint density at radius 2 is 1.92 bits per heavy atom. The number of hydrazine groups is 1. The van der Waals surface area contributed by atoms with E-state index in [0.717, 1.165) is 9.88 Å². The summed E-state index contributed by atoms with van der Waals surface area (Å²) < 4.78 is 0. The number of thiophene rings is 1. The Morgan fingerprint density at radius 3 is 2.67 bits per heavy atom. The van der Waals surface area contributed by atoms with Crippen LogP contribution in [0.5, 0.6) is 5.75 Å². The van der Waals surface area contributed by atoms with E-state index < -0.39 is 5.91 Å². The van der Waals surface area contributed by atoms with Crippen LogP contribution in [0.2, 0.25) is 0 Å². The molecule has 0 atom stereocenters. The van der Waals surface area contributed by atoms with Crippen molar-refractivity contribution in [2.24, 2.45) is 0 Å². The first-order valence-corrected chi connectivity index (χ1v) is 8.75. The number of aromatic nitrogens is 1. The van der Waals surface area contributed by atoms with Crippen LogP contribution in [0.15, 0.2) is 47.2 Å². The molecule has 6 nitrogen and oxygen atoms in total. The Balaban J connectivity index is 1.55. The van der Waals surface area contributed by atoms with Gasteiger partial charge in [0.15, 0.2) is 0 Å². The summed E-state index contributed by atoms with van der Waals surface area (Å²) in [5, 5.41) is 14.2. The Labute approximate surface area is 145 Å². The molecule has 0 aliphatic heterocycles. The average molecular weight is 359 g/mol. The normalized spacial score (nSPS) is 10.3. The summed E-state index contributed by atoms with van der Waals surface area (Å²) in [6.07, 6.45) is 0.0585. The number of para-hydroxylation sites is 1. The Hall–Kier alpha value is -2.71. The number of benzene rings is 1. The number of thiazole rings is 1. The van der Waals surface area contributed by atoms with E-state index in [2.05, 4.69) is 15.8 Å². The zero-order valence-electron chi connectivity index (χ0n) is 12.4. The van der Waals surface area contributed by atoms with Gasteiger partial charge in [-0.3, -0.25) is 20.4 Å². The minimum atomic E-state index is -0.584. The summed E-state index contributed by atoms with van der Waals surface area (Å²) in [5.74, 6) is -1.12. The molecule has 24 heavy (non-hydrogen) atoms. The van der Waals surface area contributed by atoms with Crippen molar-refractivity contribution in [3.8, 4) is 15.6 Å². The van der Waals surface area contributed by atoms with Crippen LogP contribution in [0, 0.1) is 0 Å². The minimum Gasteiger partial charge on any atom is -0.507 e. The molecular formula is C16H13N3O3S2. The van der Waals surface area contributed by atoms with Crippen LogP contribution >= 0.6 is 22.7 Å². The number of hydrogen-bond acceptors (Lipinski definition) is 6. The highest BCUT2D eigenvalue weighted by atomic mass is 32.1. The predicted molar refractivity (Wildman–Crippen MR) is 92.8 cm³/mol. The second-order valence-corrected chi connectivity index (χ2v) is 6.62. The number of carbonyl (C=O) groups excluding carboxylic acids is 2. The van der Waals surface area contributed by atoms with Crippen LogP contribution in [-0.4, -0.2) is 21.9 Å². The molecule has 0 radical (unpaired) electrons. The first kappa shape index (κ1) is 16.2. The van der Waals surface area contributed by atoms with E-state index in [4.69, 9.17) is 0 Å².